The molecule has 1 unspecified atom stereocenters. The fourth-order valence-corrected chi connectivity index (χ4v) is 1.27. The summed E-state index contributed by atoms with van der Waals surface area (Å²) in [5, 5.41) is 11.4. The normalized spacial score (nSPS) is 11.7. The number of hydrogen-bond donors (Lipinski definition) is 2. The maximum Gasteiger partial charge on any atom is 0.356 e. The van der Waals surface area contributed by atoms with Crippen LogP contribution in [0.25, 0.3) is 0 Å². The lowest BCUT2D eigenvalue weighted by atomic mass is 10.1. The van der Waals surface area contributed by atoms with E-state index in [1.54, 1.807) is 12.1 Å². The summed E-state index contributed by atoms with van der Waals surface area (Å²) in [6, 6.07) is 6.91. The van der Waals surface area contributed by atoms with Crippen molar-refractivity contribution in [2.45, 2.75) is 19.6 Å². The summed E-state index contributed by atoms with van der Waals surface area (Å²) in [4.78, 5) is 22.5. The molecule has 0 spiro atoms. The molecule has 1 amide bonds. The van der Waals surface area contributed by atoms with E-state index >= 15 is 0 Å². The summed E-state index contributed by atoms with van der Waals surface area (Å²) in [6.45, 7) is 2.01. The minimum absolute atomic E-state index is 0.380. The monoisotopic (exact) mass is 237 g/mol. The van der Waals surface area contributed by atoms with Crippen LogP contribution in [0.3, 0.4) is 0 Å². The van der Waals surface area contributed by atoms with E-state index in [1.165, 1.54) is 0 Å². The number of hydrogen-bond acceptors (Lipinski definition) is 4. The summed E-state index contributed by atoms with van der Waals surface area (Å²) in [7, 11) is 1.13. The van der Waals surface area contributed by atoms with Crippen LogP contribution in [0.5, 0.6) is 0 Å². The Balaban J connectivity index is 2.66. The molecule has 0 aromatic heterocycles. The Kier molecular flexibility index (Phi) is 4.66. The second kappa shape index (κ2) is 6.00. The van der Waals surface area contributed by atoms with Crippen molar-refractivity contribution in [3.05, 3.63) is 35.4 Å². The van der Waals surface area contributed by atoms with Crippen molar-refractivity contribution in [2.75, 3.05) is 7.11 Å². The number of carbonyl (C=O) groups excluding carboxylic acids is 2. The number of benzene rings is 1. The zero-order valence-electron chi connectivity index (χ0n) is 9.77. The van der Waals surface area contributed by atoms with E-state index < -0.39 is 18.1 Å². The SMILES string of the molecule is CCc1ccc(C(=O)NC(O)C(=O)OC)cc1. The summed E-state index contributed by atoms with van der Waals surface area (Å²) < 4.78 is 4.28. The lowest BCUT2D eigenvalue weighted by Gasteiger charge is -2.10. The zero-order chi connectivity index (χ0) is 12.8. The van der Waals surface area contributed by atoms with Crippen molar-refractivity contribution < 1.29 is 19.4 Å². The fourth-order valence-electron chi connectivity index (χ4n) is 1.27. The van der Waals surface area contributed by atoms with E-state index in [0.29, 0.717) is 5.56 Å². The molecule has 2 N–H and O–H groups in total. The molecule has 0 aliphatic heterocycles. The van der Waals surface area contributed by atoms with E-state index in [2.05, 4.69) is 10.1 Å². The van der Waals surface area contributed by atoms with Crippen molar-refractivity contribution in [3.8, 4) is 0 Å². The second-order valence-electron chi connectivity index (χ2n) is 3.45. The van der Waals surface area contributed by atoms with E-state index in [0.717, 1.165) is 19.1 Å². The smallest absolute Gasteiger partial charge is 0.356 e. The zero-order valence-corrected chi connectivity index (χ0v) is 9.77. The highest BCUT2D eigenvalue weighted by atomic mass is 16.5. The van der Waals surface area contributed by atoms with Gasteiger partial charge in [0.05, 0.1) is 7.11 Å². The van der Waals surface area contributed by atoms with Crippen LogP contribution in [0.2, 0.25) is 0 Å². The number of esters is 1. The van der Waals surface area contributed by atoms with Crippen molar-refractivity contribution in [3.63, 3.8) is 0 Å². The number of rotatable bonds is 4. The summed E-state index contributed by atoms with van der Waals surface area (Å²) in [5.41, 5.74) is 1.49. The quantitative estimate of drug-likeness (QED) is 0.589. The molecule has 0 heterocycles. The summed E-state index contributed by atoms with van der Waals surface area (Å²) in [6.07, 6.45) is -0.759. The summed E-state index contributed by atoms with van der Waals surface area (Å²) in [5.74, 6) is -1.42. The number of carbonyl (C=O) groups is 2. The first kappa shape index (κ1) is 13.2. The Morgan fingerprint density at radius 3 is 2.41 bits per heavy atom. The van der Waals surface area contributed by atoms with Crippen LogP contribution < -0.4 is 5.32 Å². The summed E-state index contributed by atoms with van der Waals surface area (Å²) >= 11 is 0. The van der Waals surface area contributed by atoms with Crippen molar-refractivity contribution in [2.24, 2.45) is 0 Å². The Hall–Kier alpha value is -1.88. The molecule has 5 heteroatoms. The standard InChI is InChI=1S/C12H15NO4/c1-3-8-4-6-9(7-5-8)10(14)13-11(15)12(16)17-2/h4-7,11,15H,3H2,1-2H3,(H,13,14). The highest BCUT2D eigenvalue weighted by Crippen LogP contribution is 2.05. The molecule has 92 valence electrons. The molecule has 0 fully saturated rings. The number of amides is 1. The van der Waals surface area contributed by atoms with Gasteiger partial charge in [0.25, 0.3) is 5.91 Å². The van der Waals surface area contributed by atoms with Crippen LogP contribution in [0.1, 0.15) is 22.8 Å². The third-order valence-electron chi connectivity index (χ3n) is 2.32. The number of methoxy groups -OCH3 is 1. The molecule has 0 aliphatic carbocycles. The first-order valence-corrected chi connectivity index (χ1v) is 5.24. The Morgan fingerprint density at radius 1 is 1.35 bits per heavy atom. The highest BCUT2D eigenvalue weighted by molar-refractivity contribution is 5.96. The van der Waals surface area contributed by atoms with Gasteiger partial charge < -0.3 is 15.2 Å². The number of aliphatic hydroxyl groups is 1. The first-order valence-electron chi connectivity index (χ1n) is 5.24. The molecule has 0 aliphatic rings. The average molecular weight is 237 g/mol. The van der Waals surface area contributed by atoms with E-state index in [4.69, 9.17) is 0 Å². The predicted molar refractivity (Wildman–Crippen MR) is 61.3 cm³/mol. The molecule has 17 heavy (non-hydrogen) atoms. The van der Waals surface area contributed by atoms with Crippen LogP contribution in [0.4, 0.5) is 0 Å². The maximum absolute atomic E-state index is 11.6. The third-order valence-corrected chi connectivity index (χ3v) is 2.32. The highest BCUT2D eigenvalue weighted by Gasteiger charge is 2.18. The molecular formula is C12H15NO4. The predicted octanol–water partition coefficient (Wildman–Crippen LogP) is 0.470. The van der Waals surface area contributed by atoms with Gasteiger partial charge in [-0.25, -0.2) is 4.79 Å². The van der Waals surface area contributed by atoms with Gasteiger partial charge in [-0.15, -0.1) is 0 Å². The van der Waals surface area contributed by atoms with Gasteiger partial charge in [-0.2, -0.15) is 0 Å². The molecule has 0 saturated heterocycles. The van der Waals surface area contributed by atoms with E-state index in [1.807, 2.05) is 19.1 Å². The Bertz CT molecular complexity index is 399. The first-order chi connectivity index (χ1) is 8.08. The molecule has 1 aromatic carbocycles. The number of aliphatic hydroxyl groups excluding tert-OH is 1. The molecule has 1 aromatic rings. The van der Waals surface area contributed by atoms with Crippen LogP contribution in [0, 0.1) is 0 Å². The van der Waals surface area contributed by atoms with Gasteiger partial charge in [-0.1, -0.05) is 19.1 Å². The largest absolute Gasteiger partial charge is 0.466 e. The average Bonchev–Trinajstić information content (AvgIpc) is 2.37. The van der Waals surface area contributed by atoms with Gasteiger partial charge in [0.1, 0.15) is 0 Å². The van der Waals surface area contributed by atoms with Gasteiger partial charge in [0.15, 0.2) is 0 Å². The van der Waals surface area contributed by atoms with E-state index in [9.17, 15) is 14.7 Å². The maximum atomic E-state index is 11.6. The van der Waals surface area contributed by atoms with Crippen molar-refractivity contribution in [1.82, 2.24) is 5.32 Å². The van der Waals surface area contributed by atoms with Crippen LogP contribution >= 0.6 is 0 Å². The van der Waals surface area contributed by atoms with Gasteiger partial charge in [-0.3, -0.25) is 4.79 Å². The van der Waals surface area contributed by atoms with Gasteiger partial charge in [0, 0.05) is 5.56 Å². The molecule has 0 radical (unpaired) electrons. The molecule has 1 rings (SSSR count). The van der Waals surface area contributed by atoms with Crippen LogP contribution in [-0.2, 0) is 16.0 Å². The van der Waals surface area contributed by atoms with Crippen LogP contribution in [-0.4, -0.2) is 30.3 Å². The lowest BCUT2D eigenvalue weighted by molar-refractivity contribution is -0.151. The molecular weight excluding hydrogens is 222 g/mol. The fraction of sp³-hybridized carbons (Fsp3) is 0.333. The van der Waals surface area contributed by atoms with Crippen molar-refractivity contribution >= 4 is 11.9 Å². The topological polar surface area (TPSA) is 75.6 Å². The number of ether oxygens (including phenoxy) is 1. The van der Waals surface area contributed by atoms with Crippen LogP contribution in [0.15, 0.2) is 24.3 Å². The number of aryl methyl sites for hydroxylation is 1. The van der Waals surface area contributed by atoms with Crippen molar-refractivity contribution in [1.29, 1.82) is 0 Å². The van der Waals surface area contributed by atoms with Gasteiger partial charge in [-0.05, 0) is 24.1 Å². The van der Waals surface area contributed by atoms with Gasteiger partial charge in [0.2, 0.25) is 6.23 Å². The minimum Gasteiger partial charge on any atom is -0.466 e. The van der Waals surface area contributed by atoms with E-state index in [-0.39, 0.29) is 0 Å². The van der Waals surface area contributed by atoms with Gasteiger partial charge >= 0.3 is 5.97 Å². The minimum atomic E-state index is -1.64. The molecule has 5 nitrogen and oxygen atoms in total. The lowest BCUT2D eigenvalue weighted by Crippen LogP contribution is -2.41. The molecule has 0 saturated carbocycles. The molecule has 0 bridgehead atoms. The third kappa shape index (κ3) is 3.57. The Morgan fingerprint density at radius 2 is 1.94 bits per heavy atom. The Labute approximate surface area is 99.4 Å². The molecule has 1 atom stereocenters. The number of nitrogens with one attached hydrogen (secondary N) is 1. The second-order valence-corrected chi connectivity index (χ2v) is 3.45.